The molecule has 1 N–H and O–H groups in total. The molecule has 1 saturated carbocycles. The largest absolute Gasteiger partial charge is 0.381 e. The van der Waals surface area contributed by atoms with E-state index in [1.807, 2.05) is 14.2 Å². The van der Waals surface area contributed by atoms with E-state index in [1.165, 1.54) is 30.5 Å². The summed E-state index contributed by atoms with van der Waals surface area (Å²) in [6.07, 6.45) is 5.12. The van der Waals surface area contributed by atoms with Crippen LogP contribution in [0, 0.1) is 13.8 Å². The Bertz CT molecular complexity index is 427. The summed E-state index contributed by atoms with van der Waals surface area (Å²) in [6.45, 7) is 6.50. The van der Waals surface area contributed by atoms with Gasteiger partial charge < -0.3 is 10.1 Å². The van der Waals surface area contributed by atoms with Crippen molar-refractivity contribution >= 4 is 0 Å². The van der Waals surface area contributed by atoms with Gasteiger partial charge in [0.2, 0.25) is 0 Å². The van der Waals surface area contributed by atoms with Gasteiger partial charge in [0.25, 0.3) is 0 Å². The van der Waals surface area contributed by atoms with E-state index in [4.69, 9.17) is 9.84 Å². The lowest BCUT2D eigenvalue weighted by Crippen LogP contribution is -2.25. The van der Waals surface area contributed by atoms with Crippen LogP contribution in [0.1, 0.15) is 61.6 Å². The third-order valence-electron chi connectivity index (χ3n) is 4.52. The van der Waals surface area contributed by atoms with Crippen LogP contribution in [0.3, 0.4) is 0 Å². The topological polar surface area (TPSA) is 39.1 Å². The summed E-state index contributed by atoms with van der Waals surface area (Å²) in [7, 11) is 3.82. The van der Waals surface area contributed by atoms with Crippen molar-refractivity contribution in [3.05, 3.63) is 17.0 Å². The van der Waals surface area contributed by atoms with Crippen molar-refractivity contribution in [2.75, 3.05) is 14.2 Å². The van der Waals surface area contributed by atoms with E-state index in [2.05, 4.69) is 30.8 Å². The molecule has 0 amide bonds. The molecule has 0 radical (unpaired) electrons. The maximum atomic E-state index is 5.53. The van der Waals surface area contributed by atoms with E-state index in [9.17, 15) is 0 Å². The smallest absolute Gasteiger partial charge is 0.0644 e. The number of nitrogens with zero attached hydrogens (tertiary/aromatic N) is 2. The number of aromatic nitrogens is 2. The molecule has 0 saturated heterocycles. The highest BCUT2D eigenvalue weighted by Crippen LogP contribution is 2.32. The highest BCUT2D eigenvalue weighted by atomic mass is 16.5. The third-order valence-corrected chi connectivity index (χ3v) is 4.52. The van der Waals surface area contributed by atoms with Crippen molar-refractivity contribution in [3.8, 4) is 0 Å². The van der Waals surface area contributed by atoms with Crippen molar-refractivity contribution in [3.63, 3.8) is 0 Å². The first-order chi connectivity index (χ1) is 9.08. The maximum absolute atomic E-state index is 5.53. The average Bonchev–Trinajstić information content (AvgIpc) is 2.73. The van der Waals surface area contributed by atoms with Gasteiger partial charge in [-0.25, -0.2) is 0 Å². The lowest BCUT2D eigenvalue weighted by Gasteiger charge is -2.29. The highest BCUT2D eigenvalue weighted by Gasteiger charge is 2.26. The Morgan fingerprint density at radius 2 is 2.11 bits per heavy atom. The average molecular weight is 265 g/mol. The number of methoxy groups -OCH3 is 1. The Kier molecular flexibility index (Phi) is 4.63. The molecule has 0 aromatic carbocycles. The fourth-order valence-corrected chi connectivity index (χ4v) is 3.36. The second-order valence-corrected chi connectivity index (χ2v) is 5.72. The molecule has 1 fully saturated rings. The second-order valence-electron chi connectivity index (χ2n) is 5.72. The van der Waals surface area contributed by atoms with Crippen molar-refractivity contribution in [1.29, 1.82) is 0 Å². The Morgan fingerprint density at radius 3 is 2.74 bits per heavy atom. The van der Waals surface area contributed by atoms with Gasteiger partial charge in [0.05, 0.1) is 17.8 Å². The summed E-state index contributed by atoms with van der Waals surface area (Å²) in [6, 6.07) is 0.853. The van der Waals surface area contributed by atoms with Gasteiger partial charge in [0, 0.05) is 24.4 Å². The molecular weight excluding hydrogens is 238 g/mol. The van der Waals surface area contributed by atoms with E-state index >= 15 is 0 Å². The van der Waals surface area contributed by atoms with Crippen LogP contribution in [0.15, 0.2) is 0 Å². The number of hydrogen-bond donors (Lipinski definition) is 1. The van der Waals surface area contributed by atoms with Gasteiger partial charge in [-0.3, -0.25) is 4.68 Å². The summed E-state index contributed by atoms with van der Waals surface area (Å²) < 4.78 is 7.77. The van der Waals surface area contributed by atoms with Crippen LogP contribution in [0.2, 0.25) is 0 Å². The molecule has 3 unspecified atom stereocenters. The lowest BCUT2D eigenvalue weighted by atomic mass is 9.92. The van der Waals surface area contributed by atoms with Crippen molar-refractivity contribution in [2.24, 2.45) is 0 Å². The monoisotopic (exact) mass is 265 g/mol. The number of rotatable bonds is 4. The zero-order chi connectivity index (χ0) is 14.0. The summed E-state index contributed by atoms with van der Waals surface area (Å²) >= 11 is 0. The molecule has 1 aromatic rings. The molecule has 1 aromatic heterocycles. The van der Waals surface area contributed by atoms with Gasteiger partial charge in [0.15, 0.2) is 0 Å². The predicted octanol–water partition coefficient (Wildman–Crippen LogP) is 2.91. The minimum atomic E-state index is 0.357. The van der Waals surface area contributed by atoms with E-state index in [-0.39, 0.29) is 0 Å². The van der Waals surface area contributed by atoms with Crippen LogP contribution in [-0.4, -0.2) is 30.0 Å². The predicted molar refractivity (Wildman–Crippen MR) is 77.5 cm³/mol. The van der Waals surface area contributed by atoms with Gasteiger partial charge in [-0.05, 0) is 53.5 Å². The first-order valence-corrected chi connectivity index (χ1v) is 7.34. The van der Waals surface area contributed by atoms with Crippen molar-refractivity contribution in [1.82, 2.24) is 15.1 Å². The Labute approximate surface area is 116 Å². The number of hydrogen-bond acceptors (Lipinski definition) is 3. The minimum Gasteiger partial charge on any atom is -0.381 e. The lowest BCUT2D eigenvalue weighted by molar-refractivity contribution is 0.0503. The number of aryl methyl sites for hydroxylation is 1. The maximum Gasteiger partial charge on any atom is 0.0644 e. The summed E-state index contributed by atoms with van der Waals surface area (Å²) in [5.41, 5.74) is 3.81. The fourth-order valence-electron chi connectivity index (χ4n) is 3.36. The van der Waals surface area contributed by atoms with E-state index in [1.54, 1.807) is 0 Å². The fraction of sp³-hybridized carbons (Fsp3) is 0.800. The molecule has 4 nitrogen and oxygen atoms in total. The van der Waals surface area contributed by atoms with Gasteiger partial charge in [-0.15, -0.1) is 0 Å². The van der Waals surface area contributed by atoms with Gasteiger partial charge in [0.1, 0.15) is 0 Å². The van der Waals surface area contributed by atoms with E-state index in [0.717, 1.165) is 12.1 Å². The van der Waals surface area contributed by atoms with Crippen LogP contribution in [-0.2, 0) is 4.74 Å². The SMILES string of the molecule is CNC(C)c1c(C)nn(C2CCCC(OC)C2)c1C. The van der Waals surface area contributed by atoms with Crippen molar-refractivity contribution in [2.45, 2.75) is 64.6 Å². The first kappa shape index (κ1) is 14.5. The van der Waals surface area contributed by atoms with Gasteiger partial charge in [-0.1, -0.05) is 0 Å². The first-order valence-electron chi connectivity index (χ1n) is 7.34. The molecule has 1 aliphatic rings. The Hall–Kier alpha value is -0.870. The molecule has 0 bridgehead atoms. The zero-order valence-electron chi connectivity index (χ0n) is 12.9. The van der Waals surface area contributed by atoms with Crippen LogP contribution in [0.25, 0.3) is 0 Å². The minimum absolute atomic E-state index is 0.357. The quantitative estimate of drug-likeness (QED) is 0.910. The zero-order valence-corrected chi connectivity index (χ0v) is 12.9. The standard InChI is InChI=1S/C15H27N3O/c1-10(16-4)15-11(2)17-18(12(15)3)13-7-6-8-14(9-13)19-5/h10,13-14,16H,6-9H2,1-5H3. The van der Waals surface area contributed by atoms with Crippen LogP contribution < -0.4 is 5.32 Å². The number of nitrogens with one attached hydrogen (secondary N) is 1. The Morgan fingerprint density at radius 1 is 1.37 bits per heavy atom. The van der Waals surface area contributed by atoms with Crippen LogP contribution >= 0.6 is 0 Å². The molecular formula is C15H27N3O. The molecule has 1 aliphatic carbocycles. The third kappa shape index (κ3) is 2.84. The molecule has 0 aliphatic heterocycles. The molecule has 19 heavy (non-hydrogen) atoms. The Balaban J connectivity index is 2.25. The normalized spacial score (nSPS) is 25.5. The summed E-state index contributed by atoms with van der Waals surface area (Å²) in [4.78, 5) is 0. The molecule has 108 valence electrons. The molecule has 4 heteroatoms. The van der Waals surface area contributed by atoms with E-state index < -0.39 is 0 Å². The second kappa shape index (κ2) is 6.06. The van der Waals surface area contributed by atoms with E-state index in [0.29, 0.717) is 18.2 Å². The summed E-state index contributed by atoms with van der Waals surface area (Å²) in [5, 5.41) is 8.11. The van der Waals surface area contributed by atoms with Crippen molar-refractivity contribution < 1.29 is 4.74 Å². The number of ether oxygens (including phenoxy) is 1. The molecule has 2 rings (SSSR count). The van der Waals surface area contributed by atoms with Gasteiger partial charge >= 0.3 is 0 Å². The molecule has 1 heterocycles. The van der Waals surface area contributed by atoms with Crippen LogP contribution in [0.4, 0.5) is 0 Å². The van der Waals surface area contributed by atoms with Crippen LogP contribution in [0.5, 0.6) is 0 Å². The van der Waals surface area contributed by atoms with Gasteiger partial charge in [-0.2, -0.15) is 5.10 Å². The highest BCUT2D eigenvalue weighted by molar-refractivity contribution is 5.28. The molecule has 3 atom stereocenters. The molecule has 0 spiro atoms. The summed E-state index contributed by atoms with van der Waals surface area (Å²) in [5.74, 6) is 0.